The molecule has 0 radical (unpaired) electrons. The lowest BCUT2D eigenvalue weighted by atomic mass is 10.4. The Kier molecular flexibility index (Phi) is 4.31. The molecule has 15 heavy (non-hydrogen) atoms. The van der Waals surface area contributed by atoms with Crippen LogP contribution < -0.4 is 5.32 Å². The van der Waals surface area contributed by atoms with E-state index in [1.165, 1.54) is 6.33 Å². The molecule has 0 aliphatic rings. The molecule has 1 rings (SSSR count). The number of carbonyl (C=O) groups is 1. The number of aromatic nitrogens is 3. The number of amides is 1. The van der Waals surface area contributed by atoms with Gasteiger partial charge in [0.25, 0.3) is 0 Å². The van der Waals surface area contributed by atoms with Gasteiger partial charge in [-0.2, -0.15) is 5.10 Å². The molecule has 0 aromatic carbocycles. The number of rotatable bonds is 5. The molecule has 1 aromatic rings. The highest BCUT2D eigenvalue weighted by atomic mass is 16.2. The van der Waals surface area contributed by atoms with Crippen LogP contribution >= 0.6 is 0 Å². The molecule has 0 aliphatic carbocycles. The number of carbonyl (C=O) groups excluding carboxylic acids is 1. The Balaban J connectivity index is 2.31. The number of hydrogen-bond acceptors (Lipinski definition) is 4. The SMILES string of the molecule is C#CCNCC(=O)N(C)Cc1ncn[nH]1. The number of likely N-dealkylation sites (N-methyl/N-ethyl adjacent to an activating group) is 1. The van der Waals surface area contributed by atoms with Gasteiger partial charge in [0.15, 0.2) is 0 Å². The van der Waals surface area contributed by atoms with E-state index in [0.717, 1.165) is 0 Å². The summed E-state index contributed by atoms with van der Waals surface area (Å²) in [6, 6.07) is 0. The van der Waals surface area contributed by atoms with Crippen LogP contribution in [0.25, 0.3) is 0 Å². The van der Waals surface area contributed by atoms with Crippen molar-refractivity contribution < 1.29 is 4.79 Å². The smallest absolute Gasteiger partial charge is 0.236 e. The van der Waals surface area contributed by atoms with Gasteiger partial charge in [-0.15, -0.1) is 6.42 Å². The minimum atomic E-state index is -0.0401. The molecule has 6 nitrogen and oxygen atoms in total. The van der Waals surface area contributed by atoms with Gasteiger partial charge < -0.3 is 4.90 Å². The Morgan fingerprint density at radius 3 is 3.20 bits per heavy atom. The van der Waals surface area contributed by atoms with Crippen LogP contribution in [0.3, 0.4) is 0 Å². The molecule has 80 valence electrons. The maximum atomic E-state index is 11.5. The molecule has 0 unspecified atom stereocenters. The lowest BCUT2D eigenvalue weighted by Crippen LogP contribution is -2.35. The third-order valence-electron chi connectivity index (χ3n) is 1.78. The van der Waals surface area contributed by atoms with Gasteiger partial charge in [-0.05, 0) is 0 Å². The van der Waals surface area contributed by atoms with Gasteiger partial charge in [-0.3, -0.25) is 15.2 Å². The largest absolute Gasteiger partial charge is 0.337 e. The summed E-state index contributed by atoms with van der Waals surface area (Å²) in [5.41, 5.74) is 0. The first-order chi connectivity index (χ1) is 7.24. The molecular weight excluding hydrogens is 194 g/mol. The number of nitrogens with one attached hydrogen (secondary N) is 2. The van der Waals surface area contributed by atoms with Gasteiger partial charge >= 0.3 is 0 Å². The van der Waals surface area contributed by atoms with Gasteiger partial charge in [0.1, 0.15) is 12.2 Å². The number of hydrogen-bond donors (Lipinski definition) is 2. The van der Waals surface area contributed by atoms with Crippen LogP contribution in [0.1, 0.15) is 5.82 Å². The van der Waals surface area contributed by atoms with Crippen molar-refractivity contribution in [2.75, 3.05) is 20.1 Å². The first-order valence-corrected chi connectivity index (χ1v) is 4.46. The van der Waals surface area contributed by atoms with Crippen molar-refractivity contribution in [2.24, 2.45) is 0 Å². The number of H-pyrrole nitrogens is 1. The Labute approximate surface area is 88.1 Å². The molecule has 0 saturated carbocycles. The van der Waals surface area contributed by atoms with Crippen LogP contribution in [0.5, 0.6) is 0 Å². The first-order valence-electron chi connectivity index (χ1n) is 4.46. The third-order valence-corrected chi connectivity index (χ3v) is 1.78. The fraction of sp³-hybridized carbons (Fsp3) is 0.444. The topological polar surface area (TPSA) is 73.9 Å². The Hall–Kier alpha value is -1.87. The van der Waals surface area contributed by atoms with Crippen LogP contribution in [-0.4, -0.2) is 46.1 Å². The summed E-state index contributed by atoms with van der Waals surface area (Å²) in [5, 5.41) is 9.20. The molecular formula is C9H13N5O. The van der Waals surface area contributed by atoms with E-state index in [0.29, 0.717) is 18.9 Å². The predicted molar refractivity (Wildman–Crippen MR) is 54.6 cm³/mol. The predicted octanol–water partition coefficient (Wildman–Crippen LogP) is -1.01. The van der Waals surface area contributed by atoms with Crippen LogP contribution in [0.2, 0.25) is 0 Å². The zero-order valence-electron chi connectivity index (χ0n) is 8.53. The highest BCUT2D eigenvalue weighted by Gasteiger charge is 2.09. The molecule has 0 aliphatic heterocycles. The Morgan fingerprint density at radius 1 is 1.80 bits per heavy atom. The normalized spacial score (nSPS) is 9.60. The minimum absolute atomic E-state index is 0.0401. The Bertz CT molecular complexity index is 340. The van der Waals surface area contributed by atoms with Gasteiger partial charge in [0.05, 0.1) is 19.6 Å². The molecule has 6 heteroatoms. The second-order valence-electron chi connectivity index (χ2n) is 2.99. The molecule has 0 spiro atoms. The summed E-state index contributed by atoms with van der Waals surface area (Å²) in [6.45, 7) is 1.04. The lowest BCUT2D eigenvalue weighted by molar-refractivity contribution is -0.129. The van der Waals surface area contributed by atoms with Crippen molar-refractivity contribution in [3.8, 4) is 12.3 Å². The standard InChI is InChI=1S/C9H13N5O/c1-3-4-10-5-9(15)14(2)6-8-11-7-12-13-8/h1,7,10H,4-6H2,2H3,(H,11,12,13). The quantitative estimate of drug-likeness (QED) is 0.479. The summed E-state index contributed by atoms with van der Waals surface area (Å²) < 4.78 is 0. The molecule has 1 heterocycles. The summed E-state index contributed by atoms with van der Waals surface area (Å²) in [7, 11) is 1.70. The average molecular weight is 207 g/mol. The van der Waals surface area contributed by atoms with E-state index in [1.54, 1.807) is 11.9 Å². The van der Waals surface area contributed by atoms with Crippen molar-refractivity contribution in [2.45, 2.75) is 6.54 Å². The van der Waals surface area contributed by atoms with Gasteiger partial charge in [-0.25, -0.2) is 4.98 Å². The van der Waals surface area contributed by atoms with Crippen molar-refractivity contribution in [3.63, 3.8) is 0 Å². The third kappa shape index (κ3) is 3.79. The van der Waals surface area contributed by atoms with Gasteiger partial charge in [0.2, 0.25) is 5.91 Å². The van der Waals surface area contributed by atoms with Crippen molar-refractivity contribution >= 4 is 5.91 Å². The zero-order valence-corrected chi connectivity index (χ0v) is 8.53. The van der Waals surface area contributed by atoms with Crippen molar-refractivity contribution in [1.29, 1.82) is 0 Å². The number of nitrogens with zero attached hydrogens (tertiary/aromatic N) is 3. The highest BCUT2D eigenvalue weighted by Crippen LogP contribution is 1.93. The maximum Gasteiger partial charge on any atom is 0.236 e. The monoisotopic (exact) mass is 207 g/mol. The molecule has 1 aromatic heterocycles. The Morgan fingerprint density at radius 2 is 2.60 bits per heavy atom. The van der Waals surface area contributed by atoms with Crippen LogP contribution in [-0.2, 0) is 11.3 Å². The maximum absolute atomic E-state index is 11.5. The van der Waals surface area contributed by atoms with E-state index in [1.807, 2.05) is 0 Å². The van der Waals surface area contributed by atoms with Crippen LogP contribution in [0.15, 0.2) is 6.33 Å². The van der Waals surface area contributed by atoms with E-state index in [4.69, 9.17) is 6.42 Å². The fourth-order valence-corrected chi connectivity index (χ4v) is 0.996. The van der Waals surface area contributed by atoms with Gasteiger partial charge in [-0.1, -0.05) is 5.92 Å². The van der Waals surface area contributed by atoms with E-state index >= 15 is 0 Å². The molecule has 0 bridgehead atoms. The molecule has 0 saturated heterocycles. The number of aromatic amines is 1. The van der Waals surface area contributed by atoms with Crippen molar-refractivity contribution in [1.82, 2.24) is 25.4 Å². The van der Waals surface area contributed by atoms with Crippen LogP contribution in [0, 0.1) is 12.3 Å². The van der Waals surface area contributed by atoms with Crippen molar-refractivity contribution in [3.05, 3.63) is 12.2 Å². The van der Waals surface area contributed by atoms with E-state index in [2.05, 4.69) is 26.4 Å². The van der Waals surface area contributed by atoms with Crippen LogP contribution in [0.4, 0.5) is 0 Å². The average Bonchev–Trinajstić information content (AvgIpc) is 2.70. The summed E-state index contributed by atoms with van der Waals surface area (Å²) in [5.74, 6) is 3.01. The minimum Gasteiger partial charge on any atom is -0.337 e. The lowest BCUT2D eigenvalue weighted by Gasteiger charge is -2.15. The van der Waals surface area contributed by atoms with E-state index < -0.39 is 0 Å². The van der Waals surface area contributed by atoms with E-state index in [9.17, 15) is 4.79 Å². The number of terminal acetylenes is 1. The summed E-state index contributed by atoms with van der Waals surface area (Å²) in [4.78, 5) is 16.9. The van der Waals surface area contributed by atoms with E-state index in [-0.39, 0.29) is 12.5 Å². The zero-order chi connectivity index (χ0) is 11.1. The summed E-state index contributed by atoms with van der Waals surface area (Å²) in [6.07, 6.45) is 6.45. The second-order valence-corrected chi connectivity index (χ2v) is 2.99. The molecule has 0 atom stereocenters. The molecule has 2 N–H and O–H groups in total. The second kappa shape index (κ2) is 5.78. The fourth-order valence-electron chi connectivity index (χ4n) is 0.996. The van der Waals surface area contributed by atoms with Gasteiger partial charge in [0, 0.05) is 7.05 Å². The molecule has 0 fully saturated rings. The first kappa shape index (κ1) is 11.2. The summed E-state index contributed by atoms with van der Waals surface area (Å²) >= 11 is 0. The highest BCUT2D eigenvalue weighted by molar-refractivity contribution is 5.77. The molecule has 1 amide bonds.